The van der Waals surface area contributed by atoms with Crippen molar-refractivity contribution in [1.29, 1.82) is 0 Å². The molecule has 0 aliphatic carbocycles. The lowest BCUT2D eigenvalue weighted by molar-refractivity contribution is 0.112. The fraction of sp³-hybridized carbons (Fsp3) is 0.0714. The minimum Gasteiger partial charge on any atom is -0.341 e. The topological polar surface area (TPSA) is 20.3 Å². The van der Waals surface area contributed by atoms with Gasteiger partial charge in [-0.05, 0) is 36.4 Å². The third kappa shape index (κ3) is 2.36. The Bertz CT molecular complexity index is 548. The van der Waals surface area contributed by atoms with Gasteiger partial charge in [-0.2, -0.15) is 0 Å². The van der Waals surface area contributed by atoms with Crippen LogP contribution in [0.4, 0.5) is 15.8 Å². The van der Waals surface area contributed by atoms with Crippen LogP contribution in [-0.4, -0.2) is 13.3 Å². The molecule has 0 amide bonds. The maximum Gasteiger partial charge on any atom is 0.150 e. The van der Waals surface area contributed by atoms with Gasteiger partial charge in [-0.15, -0.1) is 0 Å². The van der Waals surface area contributed by atoms with Crippen LogP contribution in [0.5, 0.6) is 0 Å². The third-order valence-corrected chi connectivity index (χ3v) is 2.99. The van der Waals surface area contributed by atoms with E-state index in [9.17, 15) is 9.18 Å². The van der Waals surface area contributed by atoms with E-state index in [4.69, 9.17) is 11.6 Å². The Kier molecular flexibility index (Phi) is 3.63. The zero-order valence-corrected chi connectivity index (χ0v) is 10.5. The molecule has 0 unspecified atom stereocenters. The zero-order chi connectivity index (χ0) is 13.1. The number of anilines is 2. The van der Waals surface area contributed by atoms with Crippen molar-refractivity contribution in [2.24, 2.45) is 0 Å². The summed E-state index contributed by atoms with van der Waals surface area (Å²) in [4.78, 5) is 12.2. The molecule has 0 saturated carbocycles. The standard InChI is InChI=1S/C14H11ClFNO/c1-17(11-7-5-10(9-18)6-8-11)14-12(15)3-2-4-13(14)16/h2-9H,1H3. The van der Waals surface area contributed by atoms with Gasteiger partial charge in [0.25, 0.3) is 0 Å². The van der Waals surface area contributed by atoms with E-state index in [0.717, 1.165) is 12.0 Å². The summed E-state index contributed by atoms with van der Waals surface area (Å²) in [5, 5.41) is 0.344. The number of halogens is 2. The van der Waals surface area contributed by atoms with Gasteiger partial charge in [0.2, 0.25) is 0 Å². The number of hydrogen-bond acceptors (Lipinski definition) is 2. The Balaban J connectivity index is 2.41. The minimum absolute atomic E-state index is 0.318. The molecule has 2 aromatic carbocycles. The van der Waals surface area contributed by atoms with Crippen molar-refractivity contribution >= 4 is 29.3 Å². The lowest BCUT2D eigenvalue weighted by atomic mass is 10.2. The molecule has 0 heterocycles. The predicted molar refractivity (Wildman–Crippen MR) is 71.3 cm³/mol. The van der Waals surface area contributed by atoms with Crippen molar-refractivity contribution in [2.45, 2.75) is 0 Å². The van der Waals surface area contributed by atoms with Crippen molar-refractivity contribution in [3.8, 4) is 0 Å². The van der Waals surface area contributed by atoms with E-state index in [1.165, 1.54) is 6.07 Å². The molecule has 0 aromatic heterocycles. The monoisotopic (exact) mass is 263 g/mol. The number of carbonyl (C=O) groups excluding carboxylic acids is 1. The Morgan fingerprint density at radius 1 is 1.17 bits per heavy atom. The first-order valence-corrected chi connectivity index (χ1v) is 5.74. The van der Waals surface area contributed by atoms with E-state index < -0.39 is 0 Å². The molecular weight excluding hydrogens is 253 g/mol. The van der Waals surface area contributed by atoms with Crippen molar-refractivity contribution < 1.29 is 9.18 Å². The van der Waals surface area contributed by atoms with Gasteiger partial charge in [0.1, 0.15) is 12.1 Å². The van der Waals surface area contributed by atoms with E-state index in [1.54, 1.807) is 48.3 Å². The van der Waals surface area contributed by atoms with E-state index in [1.807, 2.05) is 0 Å². The number of carbonyl (C=O) groups is 1. The number of benzene rings is 2. The second kappa shape index (κ2) is 5.19. The van der Waals surface area contributed by atoms with Gasteiger partial charge < -0.3 is 4.90 Å². The van der Waals surface area contributed by atoms with Crippen LogP contribution in [0.25, 0.3) is 0 Å². The van der Waals surface area contributed by atoms with Gasteiger partial charge in [-0.25, -0.2) is 4.39 Å². The Morgan fingerprint density at radius 2 is 1.83 bits per heavy atom. The molecule has 4 heteroatoms. The maximum absolute atomic E-state index is 13.7. The van der Waals surface area contributed by atoms with E-state index in [0.29, 0.717) is 16.3 Å². The fourth-order valence-electron chi connectivity index (χ4n) is 1.72. The van der Waals surface area contributed by atoms with Gasteiger partial charge in [0.05, 0.1) is 10.7 Å². The summed E-state index contributed by atoms with van der Waals surface area (Å²) in [5.74, 6) is -0.385. The van der Waals surface area contributed by atoms with E-state index in [-0.39, 0.29) is 5.82 Å². The molecule has 0 saturated heterocycles. The Morgan fingerprint density at radius 3 is 2.39 bits per heavy atom. The Labute approximate surface area is 110 Å². The summed E-state index contributed by atoms with van der Waals surface area (Å²) < 4.78 is 13.7. The third-order valence-electron chi connectivity index (χ3n) is 2.69. The fourth-order valence-corrected chi connectivity index (χ4v) is 2.00. The highest BCUT2D eigenvalue weighted by atomic mass is 35.5. The van der Waals surface area contributed by atoms with Gasteiger partial charge >= 0.3 is 0 Å². The molecule has 0 bridgehead atoms. The summed E-state index contributed by atoms with van der Waals surface area (Å²) >= 11 is 5.99. The molecule has 0 radical (unpaired) electrons. The molecule has 0 aliphatic heterocycles. The molecule has 92 valence electrons. The molecular formula is C14H11ClFNO. The van der Waals surface area contributed by atoms with Crippen LogP contribution in [0.15, 0.2) is 42.5 Å². The Hall–Kier alpha value is -1.87. The summed E-state index contributed by atoms with van der Waals surface area (Å²) in [6.07, 6.45) is 0.764. The van der Waals surface area contributed by atoms with Crippen LogP contribution in [0.3, 0.4) is 0 Å². The average molecular weight is 264 g/mol. The van der Waals surface area contributed by atoms with Crippen molar-refractivity contribution in [3.05, 3.63) is 58.9 Å². The van der Waals surface area contributed by atoms with Gasteiger partial charge in [-0.3, -0.25) is 4.79 Å². The first-order chi connectivity index (χ1) is 8.63. The molecule has 2 rings (SSSR count). The summed E-state index contributed by atoms with van der Waals surface area (Å²) in [7, 11) is 1.72. The number of hydrogen-bond donors (Lipinski definition) is 0. The molecule has 0 aliphatic rings. The van der Waals surface area contributed by atoms with Crippen molar-refractivity contribution in [3.63, 3.8) is 0 Å². The van der Waals surface area contributed by atoms with Crippen molar-refractivity contribution in [2.75, 3.05) is 11.9 Å². The number of rotatable bonds is 3. The maximum atomic E-state index is 13.7. The predicted octanol–water partition coefficient (Wildman–Crippen LogP) is 4.06. The lowest BCUT2D eigenvalue weighted by Crippen LogP contribution is -2.11. The highest BCUT2D eigenvalue weighted by Gasteiger charge is 2.13. The van der Waals surface area contributed by atoms with Crippen LogP contribution in [0.1, 0.15) is 10.4 Å². The summed E-state index contributed by atoms with van der Waals surface area (Å²) in [6.45, 7) is 0. The molecule has 0 atom stereocenters. The minimum atomic E-state index is -0.385. The van der Waals surface area contributed by atoms with E-state index >= 15 is 0 Å². The molecule has 2 aromatic rings. The first-order valence-electron chi connectivity index (χ1n) is 5.36. The molecule has 0 fully saturated rings. The van der Waals surface area contributed by atoms with Gasteiger partial charge in [0, 0.05) is 18.3 Å². The van der Waals surface area contributed by atoms with Gasteiger partial charge in [-0.1, -0.05) is 17.7 Å². The average Bonchev–Trinajstić information content (AvgIpc) is 2.38. The van der Waals surface area contributed by atoms with Crippen LogP contribution in [-0.2, 0) is 0 Å². The molecule has 2 nitrogen and oxygen atoms in total. The lowest BCUT2D eigenvalue weighted by Gasteiger charge is -2.21. The normalized spacial score (nSPS) is 10.2. The van der Waals surface area contributed by atoms with E-state index in [2.05, 4.69) is 0 Å². The second-order valence-electron chi connectivity index (χ2n) is 3.84. The highest BCUT2D eigenvalue weighted by molar-refractivity contribution is 6.33. The van der Waals surface area contributed by atoms with Crippen LogP contribution in [0, 0.1) is 5.82 Å². The number of nitrogens with zero attached hydrogens (tertiary/aromatic N) is 1. The number of aldehydes is 1. The largest absolute Gasteiger partial charge is 0.341 e. The summed E-state index contributed by atoms with van der Waals surface area (Å²) in [6, 6.07) is 11.4. The van der Waals surface area contributed by atoms with Crippen LogP contribution >= 0.6 is 11.6 Å². The highest BCUT2D eigenvalue weighted by Crippen LogP contribution is 2.32. The van der Waals surface area contributed by atoms with Gasteiger partial charge in [0.15, 0.2) is 0 Å². The number of para-hydroxylation sites is 1. The molecule has 18 heavy (non-hydrogen) atoms. The van der Waals surface area contributed by atoms with Crippen LogP contribution in [0.2, 0.25) is 5.02 Å². The first kappa shape index (κ1) is 12.6. The SMILES string of the molecule is CN(c1ccc(C=O)cc1)c1c(F)cccc1Cl. The zero-order valence-electron chi connectivity index (χ0n) is 9.73. The van der Waals surface area contributed by atoms with Crippen LogP contribution < -0.4 is 4.90 Å². The molecule has 0 spiro atoms. The quantitative estimate of drug-likeness (QED) is 0.779. The molecule has 0 N–H and O–H groups in total. The second-order valence-corrected chi connectivity index (χ2v) is 4.25. The smallest absolute Gasteiger partial charge is 0.150 e. The van der Waals surface area contributed by atoms with Crippen molar-refractivity contribution in [1.82, 2.24) is 0 Å². The summed E-state index contributed by atoms with van der Waals surface area (Å²) in [5.41, 5.74) is 1.65.